The summed E-state index contributed by atoms with van der Waals surface area (Å²) >= 11 is 0. The third-order valence-electron chi connectivity index (χ3n) is 2.93. The molecule has 0 aromatic heterocycles. The third kappa shape index (κ3) is 1.48. The fraction of sp³-hybridized carbons (Fsp3) is 0.800. The molecular formula is C10H17NO. The van der Waals surface area contributed by atoms with Crippen LogP contribution in [-0.4, -0.2) is 18.2 Å². The molecule has 5 atom stereocenters. The minimum atomic E-state index is -0.167. The molecular weight excluding hydrogens is 150 g/mol. The molecule has 12 heavy (non-hydrogen) atoms. The topological polar surface area (TPSA) is 35.2 Å². The molecule has 1 aliphatic heterocycles. The van der Waals surface area contributed by atoms with Crippen molar-refractivity contribution in [2.45, 2.75) is 39.0 Å². The number of terminal acetylenes is 1. The van der Waals surface area contributed by atoms with Crippen molar-refractivity contribution in [3.05, 3.63) is 0 Å². The maximum Gasteiger partial charge on any atom is 0.0718 e. The summed E-state index contributed by atoms with van der Waals surface area (Å²) < 4.78 is 5.63. The van der Waals surface area contributed by atoms with Crippen LogP contribution in [0.15, 0.2) is 0 Å². The summed E-state index contributed by atoms with van der Waals surface area (Å²) in [5.41, 5.74) is 5.81. The third-order valence-corrected chi connectivity index (χ3v) is 2.93. The number of hydrogen-bond acceptors (Lipinski definition) is 2. The molecule has 2 N–H and O–H groups in total. The van der Waals surface area contributed by atoms with Gasteiger partial charge in [-0.25, -0.2) is 0 Å². The van der Waals surface area contributed by atoms with Gasteiger partial charge in [-0.2, -0.15) is 0 Å². The molecule has 5 unspecified atom stereocenters. The van der Waals surface area contributed by atoms with Crippen molar-refractivity contribution in [3.63, 3.8) is 0 Å². The van der Waals surface area contributed by atoms with E-state index in [-0.39, 0.29) is 18.2 Å². The molecule has 0 radical (unpaired) electrons. The molecule has 1 heterocycles. The predicted octanol–water partition coefficient (Wildman–Crippen LogP) is 1.01. The highest BCUT2D eigenvalue weighted by atomic mass is 16.5. The van der Waals surface area contributed by atoms with Crippen molar-refractivity contribution in [3.8, 4) is 12.3 Å². The fourth-order valence-corrected chi connectivity index (χ4v) is 2.02. The lowest BCUT2D eigenvalue weighted by molar-refractivity contribution is 0.0504. The minimum absolute atomic E-state index is 0.167. The van der Waals surface area contributed by atoms with E-state index in [0.717, 1.165) is 0 Å². The molecule has 0 aromatic carbocycles. The lowest BCUT2D eigenvalue weighted by atomic mass is 9.84. The molecule has 1 fully saturated rings. The van der Waals surface area contributed by atoms with E-state index in [1.807, 2.05) is 6.92 Å². The van der Waals surface area contributed by atoms with Crippen LogP contribution >= 0.6 is 0 Å². The summed E-state index contributed by atoms with van der Waals surface area (Å²) in [7, 11) is 0. The SMILES string of the molecule is C#CC(N)C1C(C)OC(C)C1C. The average molecular weight is 167 g/mol. The summed E-state index contributed by atoms with van der Waals surface area (Å²) in [6.07, 6.45) is 5.77. The van der Waals surface area contributed by atoms with Crippen LogP contribution in [0.1, 0.15) is 20.8 Å². The van der Waals surface area contributed by atoms with Crippen molar-refractivity contribution < 1.29 is 4.74 Å². The zero-order valence-corrected chi connectivity index (χ0v) is 7.95. The Morgan fingerprint density at radius 2 is 1.92 bits per heavy atom. The van der Waals surface area contributed by atoms with Crippen LogP contribution in [0.25, 0.3) is 0 Å². The van der Waals surface area contributed by atoms with Gasteiger partial charge in [0.25, 0.3) is 0 Å². The normalized spacial score (nSPS) is 43.9. The molecule has 2 nitrogen and oxygen atoms in total. The molecule has 0 bridgehead atoms. The van der Waals surface area contributed by atoms with Crippen molar-refractivity contribution in [1.29, 1.82) is 0 Å². The Morgan fingerprint density at radius 3 is 2.25 bits per heavy atom. The van der Waals surface area contributed by atoms with Gasteiger partial charge < -0.3 is 10.5 Å². The van der Waals surface area contributed by atoms with Gasteiger partial charge in [-0.05, 0) is 19.8 Å². The highest BCUT2D eigenvalue weighted by Crippen LogP contribution is 2.33. The van der Waals surface area contributed by atoms with E-state index in [1.54, 1.807) is 0 Å². The van der Waals surface area contributed by atoms with Crippen LogP contribution in [0.3, 0.4) is 0 Å². The molecule has 0 saturated carbocycles. The minimum Gasteiger partial charge on any atom is -0.375 e. The Balaban J connectivity index is 2.71. The fourth-order valence-electron chi connectivity index (χ4n) is 2.02. The molecule has 0 aliphatic carbocycles. The first-order valence-corrected chi connectivity index (χ1v) is 4.45. The van der Waals surface area contributed by atoms with Gasteiger partial charge in [-0.15, -0.1) is 6.42 Å². The molecule has 0 amide bonds. The standard InChI is InChI=1S/C10H17NO/c1-5-9(11)10-6(2)7(3)12-8(10)4/h1,6-10H,11H2,2-4H3. The van der Waals surface area contributed by atoms with Crippen molar-refractivity contribution in [2.75, 3.05) is 0 Å². The molecule has 1 rings (SSSR count). The van der Waals surface area contributed by atoms with Crippen molar-refractivity contribution in [1.82, 2.24) is 0 Å². The van der Waals surface area contributed by atoms with Gasteiger partial charge in [-0.1, -0.05) is 12.8 Å². The lowest BCUT2D eigenvalue weighted by Gasteiger charge is -2.21. The summed E-state index contributed by atoms with van der Waals surface area (Å²) in [5, 5.41) is 0. The maximum atomic E-state index is 5.81. The van der Waals surface area contributed by atoms with Gasteiger partial charge in [0.2, 0.25) is 0 Å². The van der Waals surface area contributed by atoms with Gasteiger partial charge >= 0.3 is 0 Å². The van der Waals surface area contributed by atoms with Gasteiger partial charge in [0.15, 0.2) is 0 Å². The Morgan fingerprint density at radius 1 is 1.33 bits per heavy atom. The van der Waals surface area contributed by atoms with Crippen LogP contribution in [0.4, 0.5) is 0 Å². The Hall–Kier alpha value is -0.520. The van der Waals surface area contributed by atoms with Crippen LogP contribution < -0.4 is 5.73 Å². The van der Waals surface area contributed by atoms with Crippen LogP contribution in [0.2, 0.25) is 0 Å². The molecule has 68 valence electrons. The van der Waals surface area contributed by atoms with Crippen molar-refractivity contribution in [2.24, 2.45) is 17.6 Å². The first-order chi connectivity index (χ1) is 5.57. The van der Waals surface area contributed by atoms with E-state index < -0.39 is 0 Å². The van der Waals surface area contributed by atoms with E-state index in [0.29, 0.717) is 11.8 Å². The summed E-state index contributed by atoms with van der Waals surface area (Å²) in [6.45, 7) is 6.27. The first kappa shape index (κ1) is 9.57. The Kier molecular flexibility index (Phi) is 2.76. The van der Waals surface area contributed by atoms with Gasteiger partial charge in [0, 0.05) is 5.92 Å². The quantitative estimate of drug-likeness (QED) is 0.591. The van der Waals surface area contributed by atoms with Crippen molar-refractivity contribution >= 4 is 0 Å². The lowest BCUT2D eigenvalue weighted by Crippen LogP contribution is -2.36. The largest absolute Gasteiger partial charge is 0.375 e. The number of rotatable bonds is 1. The molecule has 1 saturated heterocycles. The van der Waals surface area contributed by atoms with Gasteiger partial charge in [-0.3, -0.25) is 0 Å². The smallest absolute Gasteiger partial charge is 0.0718 e. The second-order valence-electron chi connectivity index (χ2n) is 3.68. The predicted molar refractivity (Wildman–Crippen MR) is 49.5 cm³/mol. The Bertz CT molecular complexity index is 197. The highest BCUT2D eigenvalue weighted by Gasteiger charge is 2.39. The number of nitrogens with two attached hydrogens (primary N) is 1. The van der Waals surface area contributed by atoms with Gasteiger partial charge in [0.1, 0.15) is 0 Å². The second-order valence-corrected chi connectivity index (χ2v) is 3.68. The molecule has 0 spiro atoms. The first-order valence-electron chi connectivity index (χ1n) is 4.45. The summed E-state index contributed by atoms with van der Waals surface area (Å²) in [5.74, 6) is 3.36. The molecule has 0 aromatic rings. The Labute approximate surface area is 74.5 Å². The monoisotopic (exact) mass is 167 g/mol. The van der Waals surface area contributed by atoms with E-state index in [1.165, 1.54) is 0 Å². The van der Waals surface area contributed by atoms with E-state index in [2.05, 4.69) is 19.8 Å². The summed E-state index contributed by atoms with van der Waals surface area (Å²) in [6, 6.07) is -0.167. The van der Waals surface area contributed by atoms with E-state index in [4.69, 9.17) is 16.9 Å². The molecule has 2 heteroatoms. The zero-order chi connectivity index (χ0) is 9.30. The van der Waals surface area contributed by atoms with Gasteiger partial charge in [0.05, 0.1) is 18.2 Å². The second kappa shape index (κ2) is 3.47. The summed E-state index contributed by atoms with van der Waals surface area (Å²) in [4.78, 5) is 0. The number of ether oxygens (including phenoxy) is 1. The zero-order valence-electron chi connectivity index (χ0n) is 7.95. The van der Waals surface area contributed by atoms with E-state index in [9.17, 15) is 0 Å². The van der Waals surface area contributed by atoms with Crippen LogP contribution in [0, 0.1) is 24.2 Å². The average Bonchev–Trinajstić information content (AvgIpc) is 2.26. The van der Waals surface area contributed by atoms with Crippen LogP contribution in [-0.2, 0) is 4.74 Å². The van der Waals surface area contributed by atoms with E-state index >= 15 is 0 Å². The highest BCUT2D eigenvalue weighted by molar-refractivity contribution is 5.05. The number of hydrogen-bond donors (Lipinski definition) is 1. The maximum absolute atomic E-state index is 5.81. The van der Waals surface area contributed by atoms with Crippen LogP contribution in [0.5, 0.6) is 0 Å². The molecule has 1 aliphatic rings.